The van der Waals surface area contributed by atoms with Crippen LogP contribution < -0.4 is 24.7 Å². The summed E-state index contributed by atoms with van der Waals surface area (Å²) in [5.74, 6) is 6.54. The van der Waals surface area contributed by atoms with Gasteiger partial charge < -0.3 is 39.3 Å². The minimum Gasteiger partial charge on any atom is -0.492 e. The fourth-order valence-corrected chi connectivity index (χ4v) is 7.20. The molecule has 0 bridgehead atoms. The molecule has 8 nitrogen and oxygen atoms in total. The molecule has 52 heavy (non-hydrogen) atoms. The monoisotopic (exact) mass is 745 g/mol. The lowest BCUT2D eigenvalue weighted by Gasteiger charge is -2.30. The lowest BCUT2D eigenvalue weighted by Crippen LogP contribution is -2.30. The van der Waals surface area contributed by atoms with Gasteiger partial charge in [0, 0.05) is 29.4 Å². The minimum absolute atomic E-state index is 0.0248. The van der Waals surface area contributed by atoms with E-state index in [1.54, 1.807) is 11.8 Å². The van der Waals surface area contributed by atoms with E-state index in [9.17, 15) is 5.11 Å². The van der Waals surface area contributed by atoms with Crippen LogP contribution >= 0.6 is 23.5 Å². The summed E-state index contributed by atoms with van der Waals surface area (Å²) in [5, 5.41) is 10.4. The number of rotatable bonds is 23. The number of aliphatic hydroxyl groups excluding tert-OH is 1. The highest BCUT2D eigenvalue weighted by Gasteiger charge is 2.30. The minimum atomic E-state index is -0.518. The van der Waals surface area contributed by atoms with Gasteiger partial charge in [0.15, 0.2) is 0 Å². The maximum atomic E-state index is 10.4. The summed E-state index contributed by atoms with van der Waals surface area (Å²) in [5.41, 5.74) is 10.9. The van der Waals surface area contributed by atoms with E-state index >= 15 is 0 Å². The summed E-state index contributed by atoms with van der Waals surface area (Å²) in [6, 6.07) is 33.5. The summed E-state index contributed by atoms with van der Waals surface area (Å²) in [6.45, 7) is 7.56. The van der Waals surface area contributed by atoms with Crippen molar-refractivity contribution in [3.8, 4) is 23.0 Å². The molecular formula is C42H51NO7S2. The maximum absolute atomic E-state index is 10.4. The molecule has 0 spiro atoms. The van der Waals surface area contributed by atoms with Gasteiger partial charge in [-0.1, -0.05) is 62.4 Å². The van der Waals surface area contributed by atoms with Crippen LogP contribution in [0, 0.1) is 0 Å². The van der Waals surface area contributed by atoms with Gasteiger partial charge >= 0.3 is 0 Å². The maximum Gasteiger partial charge on any atom is 0.119 e. The number of hydrogen-bond acceptors (Lipinski definition) is 10. The summed E-state index contributed by atoms with van der Waals surface area (Å²) >= 11 is 3.53. The zero-order chi connectivity index (χ0) is 36.1. The quantitative estimate of drug-likeness (QED) is 0.0760. The van der Waals surface area contributed by atoms with E-state index in [4.69, 9.17) is 34.2 Å². The van der Waals surface area contributed by atoms with E-state index in [0.717, 1.165) is 75.7 Å². The third-order valence-electron chi connectivity index (χ3n) is 8.92. The van der Waals surface area contributed by atoms with Crippen LogP contribution in [0.3, 0.4) is 0 Å². The van der Waals surface area contributed by atoms with Crippen LogP contribution in [-0.4, -0.2) is 92.1 Å². The lowest BCUT2D eigenvalue weighted by molar-refractivity contribution is 0.126. The number of thioether (sulfide) groups is 2. The van der Waals surface area contributed by atoms with Gasteiger partial charge in [-0.2, -0.15) is 23.5 Å². The average molecular weight is 746 g/mol. The van der Waals surface area contributed by atoms with Gasteiger partial charge in [0.05, 0.1) is 19.3 Å². The Morgan fingerprint density at radius 2 is 0.923 bits per heavy atom. The van der Waals surface area contributed by atoms with E-state index in [-0.39, 0.29) is 36.7 Å². The highest BCUT2D eigenvalue weighted by Crippen LogP contribution is 2.44. The summed E-state index contributed by atoms with van der Waals surface area (Å²) < 4.78 is 34.8. The van der Waals surface area contributed by atoms with E-state index in [1.165, 1.54) is 0 Å². The molecule has 0 amide bonds. The highest BCUT2D eigenvalue weighted by atomic mass is 32.2. The van der Waals surface area contributed by atoms with Gasteiger partial charge in [0.1, 0.15) is 61.6 Å². The third kappa shape index (κ3) is 11.8. The van der Waals surface area contributed by atoms with Crippen molar-refractivity contribution in [3.63, 3.8) is 0 Å². The first-order valence-corrected chi connectivity index (χ1v) is 20.5. The van der Waals surface area contributed by atoms with Crippen molar-refractivity contribution in [1.82, 2.24) is 0 Å². The van der Waals surface area contributed by atoms with Crippen LogP contribution in [0.1, 0.15) is 47.9 Å². The molecule has 2 fully saturated rings. The summed E-state index contributed by atoms with van der Waals surface area (Å²) in [7, 11) is 0. The molecule has 6 rings (SSSR count). The molecule has 10 heteroatoms. The molecule has 2 aliphatic heterocycles. The Kier molecular flexibility index (Phi) is 14.5. The first kappa shape index (κ1) is 38.3. The highest BCUT2D eigenvalue weighted by molar-refractivity contribution is 7.99. The topological polar surface area (TPSA) is 108 Å². The number of nitrogens with two attached hydrogens (primary N) is 1. The number of hydrogen-bond donors (Lipinski definition) is 2. The second-order valence-corrected chi connectivity index (χ2v) is 15.8. The molecule has 6 atom stereocenters. The Morgan fingerprint density at radius 1 is 0.577 bits per heavy atom. The number of ether oxygens (including phenoxy) is 6. The van der Waals surface area contributed by atoms with Gasteiger partial charge in [0.25, 0.3) is 0 Å². The molecule has 2 aliphatic rings. The van der Waals surface area contributed by atoms with Crippen LogP contribution in [0.2, 0.25) is 0 Å². The van der Waals surface area contributed by atoms with Crippen molar-refractivity contribution in [2.45, 2.75) is 50.0 Å². The van der Waals surface area contributed by atoms with Crippen LogP contribution in [0.4, 0.5) is 0 Å². The Morgan fingerprint density at radius 3 is 1.29 bits per heavy atom. The van der Waals surface area contributed by atoms with Crippen molar-refractivity contribution in [2.75, 3.05) is 62.7 Å². The van der Waals surface area contributed by atoms with Crippen molar-refractivity contribution in [1.29, 1.82) is 0 Å². The number of epoxide rings is 2. The van der Waals surface area contributed by atoms with Gasteiger partial charge in [-0.15, -0.1) is 0 Å². The van der Waals surface area contributed by atoms with E-state index in [2.05, 4.69) is 62.4 Å². The standard InChI is InChI=1S/C42H51NO7S2/c1-3-51-27-33(43)21-45-35-13-5-29(6-14-35)41(31-9-17-37(18-10-31)47-23-39-25-49-39)42(32-11-19-38(20-12-32)48-24-40-26-50-40)30-7-15-36(16-8-30)46-22-34(44)28-52-4-2/h5-20,33-34,39-42,44H,3-4,21-28,43H2,1-2H3. The zero-order valence-corrected chi connectivity index (χ0v) is 31.7. The third-order valence-corrected chi connectivity index (χ3v) is 11.0. The molecule has 2 heterocycles. The molecule has 4 aromatic rings. The Labute approximate surface area is 316 Å². The summed E-state index contributed by atoms with van der Waals surface area (Å²) in [4.78, 5) is 0. The molecule has 0 saturated carbocycles. The fourth-order valence-electron chi connectivity index (χ4n) is 5.96. The van der Waals surface area contributed by atoms with Crippen LogP contribution in [-0.2, 0) is 9.47 Å². The molecular weight excluding hydrogens is 695 g/mol. The van der Waals surface area contributed by atoms with Crippen LogP contribution in [0.25, 0.3) is 0 Å². The fraction of sp³-hybridized carbons (Fsp3) is 0.429. The largest absolute Gasteiger partial charge is 0.492 e. The van der Waals surface area contributed by atoms with E-state index < -0.39 is 6.10 Å². The molecule has 278 valence electrons. The van der Waals surface area contributed by atoms with Crippen molar-refractivity contribution in [2.24, 2.45) is 5.73 Å². The Balaban J connectivity index is 1.31. The average Bonchev–Trinajstić information content (AvgIpc) is 4.13. The molecule has 3 N–H and O–H groups in total. The normalized spacial score (nSPS) is 18.5. The predicted octanol–water partition coefficient (Wildman–Crippen LogP) is 7.16. The van der Waals surface area contributed by atoms with Crippen molar-refractivity contribution >= 4 is 23.5 Å². The van der Waals surface area contributed by atoms with Gasteiger partial charge in [-0.25, -0.2) is 0 Å². The van der Waals surface area contributed by atoms with Gasteiger partial charge in [-0.05, 0) is 82.3 Å². The molecule has 0 radical (unpaired) electrons. The van der Waals surface area contributed by atoms with Crippen LogP contribution in [0.5, 0.6) is 23.0 Å². The van der Waals surface area contributed by atoms with Crippen molar-refractivity contribution < 1.29 is 33.5 Å². The molecule has 0 aliphatic carbocycles. The van der Waals surface area contributed by atoms with Gasteiger partial charge in [-0.3, -0.25) is 0 Å². The molecule has 4 aromatic carbocycles. The molecule has 6 unspecified atom stereocenters. The molecule has 0 aromatic heterocycles. The SMILES string of the molecule is CCSCC(N)COc1ccc(C(c2ccc(OCC3CO3)cc2)C(c2ccc(OCC(O)CSCC)cc2)c2ccc(OCC3CO3)cc2)cc1. The van der Waals surface area contributed by atoms with Crippen LogP contribution in [0.15, 0.2) is 97.1 Å². The van der Waals surface area contributed by atoms with E-state index in [1.807, 2.05) is 60.3 Å². The van der Waals surface area contributed by atoms with Crippen molar-refractivity contribution in [3.05, 3.63) is 119 Å². The second-order valence-electron chi connectivity index (χ2n) is 13.1. The first-order chi connectivity index (χ1) is 25.5. The van der Waals surface area contributed by atoms with E-state index in [0.29, 0.717) is 25.6 Å². The Bertz CT molecular complexity index is 1490. The zero-order valence-electron chi connectivity index (χ0n) is 30.1. The number of benzene rings is 4. The predicted molar refractivity (Wildman–Crippen MR) is 211 cm³/mol. The summed E-state index contributed by atoms with van der Waals surface area (Å²) in [6.07, 6.45) is -0.145. The Hall–Kier alpha value is -3.38. The van der Waals surface area contributed by atoms with Gasteiger partial charge in [0.2, 0.25) is 0 Å². The first-order valence-electron chi connectivity index (χ1n) is 18.2. The number of aliphatic hydroxyl groups is 1. The lowest BCUT2D eigenvalue weighted by atomic mass is 9.73. The second kappa shape index (κ2) is 19.6. The smallest absolute Gasteiger partial charge is 0.119 e. The molecule has 2 saturated heterocycles.